The van der Waals surface area contributed by atoms with Crippen molar-refractivity contribution in [2.45, 2.75) is 31.5 Å². The van der Waals surface area contributed by atoms with Gasteiger partial charge in [0.2, 0.25) is 5.91 Å². The third-order valence-corrected chi connectivity index (χ3v) is 4.36. The number of aromatic amines is 1. The molecule has 0 radical (unpaired) electrons. The fourth-order valence-electron chi connectivity index (χ4n) is 1.98. The molecule has 2 rings (SSSR count). The summed E-state index contributed by atoms with van der Waals surface area (Å²) in [6.45, 7) is 3.83. The fourth-order valence-corrected chi connectivity index (χ4v) is 2.55. The first kappa shape index (κ1) is 18.1. The van der Waals surface area contributed by atoms with Crippen molar-refractivity contribution in [2.75, 3.05) is 12.9 Å². The lowest BCUT2D eigenvalue weighted by Gasteiger charge is -2.21. The topological polar surface area (TPSA) is 110 Å². The molecule has 0 spiro atoms. The molecule has 0 aliphatic carbocycles. The maximum Gasteiger partial charge on any atom is 0.328 e. The monoisotopic (exact) mass is 352 g/mol. The van der Waals surface area contributed by atoms with Crippen LogP contribution >= 0.6 is 11.8 Å². The van der Waals surface area contributed by atoms with E-state index in [9.17, 15) is 9.59 Å². The van der Waals surface area contributed by atoms with Gasteiger partial charge >= 0.3 is 5.97 Å². The van der Waals surface area contributed by atoms with Crippen LogP contribution in [0.1, 0.15) is 20.3 Å². The minimum absolute atomic E-state index is 0.0192. The van der Waals surface area contributed by atoms with Gasteiger partial charge in [-0.05, 0) is 18.1 Å². The average Bonchev–Trinajstić information content (AvgIpc) is 3.27. The summed E-state index contributed by atoms with van der Waals surface area (Å²) in [7, 11) is 1.30. The van der Waals surface area contributed by atoms with Crippen LogP contribution in [0.25, 0.3) is 11.6 Å². The van der Waals surface area contributed by atoms with Crippen molar-refractivity contribution in [3.63, 3.8) is 0 Å². The van der Waals surface area contributed by atoms with Gasteiger partial charge in [-0.1, -0.05) is 32.0 Å². The van der Waals surface area contributed by atoms with Crippen molar-refractivity contribution in [3.05, 3.63) is 18.3 Å². The molecule has 2 aromatic rings. The second-order valence-electron chi connectivity index (χ2n) is 5.20. The number of carbonyl (C=O) groups excluding carboxylic acids is 2. The van der Waals surface area contributed by atoms with E-state index in [-0.39, 0.29) is 22.8 Å². The summed E-state index contributed by atoms with van der Waals surface area (Å²) in [6, 6.07) is 2.97. The molecule has 0 aromatic carbocycles. The molecule has 2 aromatic heterocycles. The SMILES string of the molecule is CCC(C)C(NC(=O)CSc1nnc(-c2ccc[nH]2)o1)C(=O)OC. The van der Waals surface area contributed by atoms with Crippen LogP contribution in [-0.4, -0.2) is 46.0 Å². The van der Waals surface area contributed by atoms with E-state index in [0.717, 1.165) is 18.2 Å². The van der Waals surface area contributed by atoms with Gasteiger partial charge in [-0.3, -0.25) is 4.79 Å². The van der Waals surface area contributed by atoms with Gasteiger partial charge < -0.3 is 19.5 Å². The van der Waals surface area contributed by atoms with Crippen molar-refractivity contribution in [1.29, 1.82) is 0 Å². The quantitative estimate of drug-likeness (QED) is 0.551. The number of nitrogens with one attached hydrogen (secondary N) is 2. The van der Waals surface area contributed by atoms with Crippen LogP contribution in [0.2, 0.25) is 0 Å². The molecule has 130 valence electrons. The first-order valence-electron chi connectivity index (χ1n) is 7.52. The Balaban J connectivity index is 1.89. The molecule has 0 saturated heterocycles. The van der Waals surface area contributed by atoms with Gasteiger partial charge in [0.1, 0.15) is 11.7 Å². The molecule has 8 nitrogen and oxygen atoms in total. The highest BCUT2D eigenvalue weighted by Crippen LogP contribution is 2.21. The van der Waals surface area contributed by atoms with E-state index < -0.39 is 12.0 Å². The van der Waals surface area contributed by atoms with Crippen LogP contribution in [0.5, 0.6) is 0 Å². The summed E-state index contributed by atoms with van der Waals surface area (Å²) >= 11 is 1.11. The summed E-state index contributed by atoms with van der Waals surface area (Å²) in [5, 5.41) is 10.8. The number of carbonyl (C=O) groups is 2. The highest BCUT2D eigenvalue weighted by atomic mass is 32.2. The Morgan fingerprint density at radius 3 is 2.88 bits per heavy atom. The Hall–Kier alpha value is -2.29. The Labute approximate surface area is 143 Å². The molecular weight excluding hydrogens is 332 g/mol. The summed E-state index contributed by atoms with van der Waals surface area (Å²) < 4.78 is 10.2. The van der Waals surface area contributed by atoms with E-state index >= 15 is 0 Å². The lowest BCUT2D eigenvalue weighted by atomic mass is 9.99. The minimum atomic E-state index is -0.662. The molecule has 0 fully saturated rings. The fraction of sp³-hybridized carbons (Fsp3) is 0.467. The van der Waals surface area contributed by atoms with E-state index in [2.05, 4.69) is 20.5 Å². The molecule has 0 saturated carbocycles. The molecule has 24 heavy (non-hydrogen) atoms. The predicted molar refractivity (Wildman–Crippen MR) is 88.2 cm³/mol. The second kappa shape index (κ2) is 8.53. The molecule has 9 heteroatoms. The summed E-state index contributed by atoms with van der Waals surface area (Å²) in [5.41, 5.74) is 0.710. The van der Waals surface area contributed by atoms with Crippen LogP contribution in [0.3, 0.4) is 0 Å². The maximum atomic E-state index is 12.1. The van der Waals surface area contributed by atoms with E-state index in [1.54, 1.807) is 6.20 Å². The van der Waals surface area contributed by atoms with Crippen molar-refractivity contribution < 1.29 is 18.7 Å². The predicted octanol–water partition coefficient (Wildman–Crippen LogP) is 1.86. The lowest BCUT2D eigenvalue weighted by Crippen LogP contribution is -2.46. The number of methoxy groups -OCH3 is 1. The van der Waals surface area contributed by atoms with Crippen LogP contribution in [-0.2, 0) is 14.3 Å². The van der Waals surface area contributed by atoms with Gasteiger partial charge in [0.05, 0.1) is 12.9 Å². The minimum Gasteiger partial charge on any atom is -0.467 e. The molecule has 2 atom stereocenters. The number of hydrogen-bond acceptors (Lipinski definition) is 7. The highest BCUT2D eigenvalue weighted by Gasteiger charge is 2.26. The number of amides is 1. The molecule has 2 heterocycles. The number of aromatic nitrogens is 3. The van der Waals surface area contributed by atoms with Crippen molar-refractivity contribution in [3.8, 4) is 11.6 Å². The number of thioether (sulfide) groups is 1. The zero-order valence-corrected chi connectivity index (χ0v) is 14.6. The number of nitrogens with zero attached hydrogens (tertiary/aromatic N) is 2. The second-order valence-corrected chi connectivity index (χ2v) is 6.13. The summed E-state index contributed by atoms with van der Waals surface area (Å²) in [6.07, 6.45) is 2.50. The number of ether oxygens (including phenoxy) is 1. The molecule has 0 aliphatic heterocycles. The molecule has 2 unspecified atom stereocenters. The Morgan fingerprint density at radius 2 is 2.25 bits per heavy atom. The molecule has 2 N–H and O–H groups in total. The molecular formula is C15H20N4O4S. The van der Waals surface area contributed by atoms with Gasteiger partial charge in [-0.15, -0.1) is 10.2 Å². The van der Waals surface area contributed by atoms with Crippen LogP contribution in [0, 0.1) is 5.92 Å². The van der Waals surface area contributed by atoms with Crippen molar-refractivity contribution in [1.82, 2.24) is 20.5 Å². The molecule has 1 amide bonds. The smallest absolute Gasteiger partial charge is 0.328 e. The molecule has 0 aliphatic rings. The average molecular weight is 352 g/mol. The van der Waals surface area contributed by atoms with Crippen LogP contribution in [0.15, 0.2) is 28.0 Å². The maximum absolute atomic E-state index is 12.1. The first-order valence-corrected chi connectivity index (χ1v) is 8.51. The standard InChI is InChI=1S/C15H20N4O4S/c1-4-9(2)12(14(21)22-3)17-11(20)8-24-15-19-18-13(23-15)10-6-5-7-16-10/h5-7,9,12,16H,4,8H2,1-3H3,(H,17,20). The van der Waals surface area contributed by atoms with Gasteiger partial charge in [0, 0.05) is 6.20 Å². The Kier molecular flexibility index (Phi) is 6.42. The normalized spacial score (nSPS) is 13.3. The Bertz CT molecular complexity index is 671. The third kappa shape index (κ3) is 4.60. The van der Waals surface area contributed by atoms with Gasteiger partial charge in [0.15, 0.2) is 0 Å². The zero-order chi connectivity index (χ0) is 17.5. The highest BCUT2D eigenvalue weighted by molar-refractivity contribution is 7.99. The van der Waals surface area contributed by atoms with E-state index in [4.69, 9.17) is 9.15 Å². The van der Waals surface area contributed by atoms with Crippen LogP contribution < -0.4 is 5.32 Å². The summed E-state index contributed by atoms with van der Waals surface area (Å²) in [4.78, 5) is 26.8. The van der Waals surface area contributed by atoms with Crippen molar-refractivity contribution in [2.24, 2.45) is 5.92 Å². The summed E-state index contributed by atoms with van der Waals surface area (Å²) in [5.74, 6) is -0.342. The lowest BCUT2D eigenvalue weighted by molar-refractivity contribution is -0.146. The van der Waals surface area contributed by atoms with Gasteiger partial charge in [-0.2, -0.15) is 0 Å². The zero-order valence-electron chi connectivity index (χ0n) is 13.7. The largest absolute Gasteiger partial charge is 0.467 e. The third-order valence-electron chi connectivity index (χ3n) is 3.55. The van der Waals surface area contributed by atoms with Gasteiger partial charge in [-0.25, -0.2) is 4.79 Å². The van der Waals surface area contributed by atoms with Crippen LogP contribution in [0.4, 0.5) is 0 Å². The van der Waals surface area contributed by atoms with Crippen molar-refractivity contribution >= 4 is 23.6 Å². The number of hydrogen-bond donors (Lipinski definition) is 2. The molecule has 0 bridgehead atoms. The van der Waals surface area contributed by atoms with Gasteiger partial charge in [0.25, 0.3) is 11.1 Å². The number of rotatable bonds is 8. The van der Waals surface area contributed by atoms with E-state index in [1.165, 1.54) is 7.11 Å². The van der Waals surface area contributed by atoms with E-state index in [1.807, 2.05) is 26.0 Å². The van der Waals surface area contributed by atoms with E-state index in [0.29, 0.717) is 11.6 Å². The first-order chi connectivity index (χ1) is 11.5. The number of H-pyrrole nitrogens is 1. The number of esters is 1. The Morgan fingerprint density at radius 1 is 1.46 bits per heavy atom.